The first-order valence-electron chi connectivity index (χ1n) is 11.2. The van der Waals surface area contributed by atoms with Gasteiger partial charge < -0.3 is 9.80 Å². The molecule has 4 rings (SSSR count). The molecule has 2 fully saturated rings. The monoisotopic (exact) mass is 493 g/mol. The van der Waals surface area contributed by atoms with E-state index in [0.29, 0.717) is 39.1 Å². The number of nitrogens with zero attached hydrogens (tertiary/aromatic N) is 5. The molecule has 2 aliphatic rings. The Labute approximate surface area is 198 Å². The summed E-state index contributed by atoms with van der Waals surface area (Å²) in [4.78, 5) is 31.7. The molecule has 0 bridgehead atoms. The van der Waals surface area contributed by atoms with Crippen LogP contribution >= 0.6 is 11.3 Å². The zero-order valence-corrected chi connectivity index (χ0v) is 21.0. The molecular formula is C22H31N5O4S2. The molecular weight excluding hydrogens is 462 g/mol. The van der Waals surface area contributed by atoms with Crippen LogP contribution in [0.5, 0.6) is 0 Å². The van der Waals surface area contributed by atoms with Crippen molar-refractivity contribution in [2.45, 2.75) is 32.9 Å². The molecule has 2 aliphatic heterocycles. The normalized spacial score (nSPS) is 20.5. The van der Waals surface area contributed by atoms with Crippen molar-refractivity contribution in [3.8, 4) is 0 Å². The quantitative estimate of drug-likeness (QED) is 0.603. The summed E-state index contributed by atoms with van der Waals surface area (Å²) in [5.74, 6) is 0.438. The van der Waals surface area contributed by atoms with Gasteiger partial charge >= 0.3 is 0 Å². The van der Waals surface area contributed by atoms with E-state index in [2.05, 4.69) is 5.10 Å². The highest BCUT2D eigenvalue weighted by Gasteiger charge is 2.32. The number of carbonyl (C=O) groups is 2. The fourth-order valence-corrected chi connectivity index (χ4v) is 7.00. The Hall–Kier alpha value is -2.24. The number of thiophene rings is 1. The summed E-state index contributed by atoms with van der Waals surface area (Å²) < 4.78 is 25.6. The van der Waals surface area contributed by atoms with Crippen molar-refractivity contribution < 1.29 is 18.0 Å². The van der Waals surface area contributed by atoms with E-state index >= 15 is 0 Å². The number of hydrogen-bond acceptors (Lipinski definition) is 7. The summed E-state index contributed by atoms with van der Waals surface area (Å²) in [5, 5.41) is 6.51. The molecule has 0 saturated carbocycles. The lowest BCUT2D eigenvalue weighted by atomic mass is 10.1. The van der Waals surface area contributed by atoms with Gasteiger partial charge in [0, 0.05) is 44.0 Å². The van der Waals surface area contributed by atoms with Crippen LogP contribution in [0, 0.1) is 13.8 Å². The highest BCUT2D eigenvalue weighted by molar-refractivity contribution is 7.91. The number of rotatable bonds is 6. The lowest BCUT2D eigenvalue weighted by Crippen LogP contribution is -2.52. The van der Waals surface area contributed by atoms with Gasteiger partial charge in [-0.05, 0) is 38.8 Å². The third kappa shape index (κ3) is 5.30. The Morgan fingerprint density at radius 2 is 1.88 bits per heavy atom. The van der Waals surface area contributed by atoms with Crippen molar-refractivity contribution in [3.63, 3.8) is 0 Å². The second kappa shape index (κ2) is 9.55. The van der Waals surface area contributed by atoms with Crippen LogP contribution in [0.25, 0.3) is 0 Å². The second-order valence-corrected chi connectivity index (χ2v) is 12.1. The van der Waals surface area contributed by atoms with E-state index in [1.54, 1.807) is 0 Å². The maximum Gasteiger partial charge on any atom is 0.264 e. The first-order valence-corrected chi connectivity index (χ1v) is 13.9. The number of amides is 2. The Kier molecular flexibility index (Phi) is 6.92. The summed E-state index contributed by atoms with van der Waals surface area (Å²) in [6.45, 7) is 6.91. The van der Waals surface area contributed by atoms with E-state index < -0.39 is 9.84 Å². The molecule has 0 aliphatic carbocycles. The van der Waals surface area contributed by atoms with Gasteiger partial charge in [0.1, 0.15) is 0 Å². The van der Waals surface area contributed by atoms with E-state index in [1.807, 2.05) is 57.8 Å². The lowest BCUT2D eigenvalue weighted by Gasteiger charge is -2.35. The first-order chi connectivity index (χ1) is 15.6. The number of aromatic nitrogens is 2. The van der Waals surface area contributed by atoms with Gasteiger partial charge in [0.15, 0.2) is 9.84 Å². The van der Waals surface area contributed by atoms with Crippen LogP contribution in [0.3, 0.4) is 0 Å². The number of aryl methyl sites for hydroxylation is 1. The number of hydrogen-bond donors (Lipinski definition) is 0. The Morgan fingerprint density at radius 3 is 2.48 bits per heavy atom. The minimum absolute atomic E-state index is 0.0345. The van der Waals surface area contributed by atoms with Crippen molar-refractivity contribution in [3.05, 3.63) is 39.3 Å². The fraction of sp³-hybridized carbons (Fsp3) is 0.591. The van der Waals surface area contributed by atoms with Crippen molar-refractivity contribution in [1.82, 2.24) is 24.5 Å². The minimum atomic E-state index is -2.98. The van der Waals surface area contributed by atoms with Gasteiger partial charge in [-0.1, -0.05) is 6.07 Å². The molecule has 2 aromatic rings. The highest BCUT2D eigenvalue weighted by atomic mass is 32.2. The average Bonchev–Trinajstić information content (AvgIpc) is 3.49. The zero-order chi connectivity index (χ0) is 23.8. The summed E-state index contributed by atoms with van der Waals surface area (Å²) in [6.07, 6.45) is 0.596. The van der Waals surface area contributed by atoms with E-state index in [9.17, 15) is 18.0 Å². The molecule has 0 aromatic carbocycles. The van der Waals surface area contributed by atoms with Gasteiger partial charge in [-0.2, -0.15) is 5.10 Å². The standard InChI is InChI=1S/C22H31N5O4S2/c1-16-19(17(2)27(23-16)18-6-12-33(30,31)15-18)13-24(3)14-21(28)25-7-9-26(10-8-25)22(29)20-5-4-11-32-20/h4-5,11,18H,6-10,12-15H2,1-3H3. The van der Waals surface area contributed by atoms with Gasteiger partial charge in [0.25, 0.3) is 5.91 Å². The van der Waals surface area contributed by atoms with Crippen LogP contribution in [0.1, 0.15) is 39.1 Å². The number of piperazine rings is 1. The van der Waals surface area contributed by atoms with Crippen LogP contribution in [-0.4, -0.2) is 96.0 Å². The molecule has 0 N–H and O–H groups in total. The summed E-state index contributed by atoms with van der Waals surface area (Å²) in [7, 11) is -1.08. The van der Waals surface area contributed by atoms with E-state index in [1.165, 1.54) is 11.3 Å². The number of sulfone groups is 1. The van der Waals surface area contributed by atoms with E-state index in [-0.39, 0.29) is 35.9 Å². The molecule has 4 heterocycles. The minimum Gasteiger partial charge on any atom is -0.338 e. The van der Waals surface area contributed by atoms with Crippen molar-refractivity contribution in [2.24, 2.45) is 0 Å². The zero-order valence-electron chi connectivity index (χ0n) is 19.4. The second-order valence-electron chi connectivity index (χ2n) is 8.97. The third-order valence-corrected chi connectivity index (χ3v) is 9.12. The molecule has 0 spiro atoms. The predicted octanol–water partition coefficient (Wildman–Crippen LogP) is 1.34. The van der Waals surface area contributed by atoms with Gasteiger partial charge in [0.05, 0.1) is 34.7 Å². The largest absolute Gasteiger partial charge is 0.338 e. The molecule has 2 saturated heterocycles. The molecule has 33 heavy (non-hydrogen) atoms. The van der Waals surface area contributed by atoms with Gasteiger partial charge in [0.2, 0.25) is 5.91 Å². The number of carbonyl (C=O) groups excluding carboxylic acids is 2. The molecule has 2 aromatic heterocycles. The smallest absolute Gasteiger partial charge is 0.264 e. The molecule has 11 heteroatoms. The van der Waals surface area contributed by atoms with E-state index in [0.717, 1.165) is 21.8 Å². The predicted molar refractivity (Wildman–Crippen MR) is 127 cm³/mol. The van der Waals surface area contributed by atoms with Crippen LogP contribution in [0.2, 0.25) is 0 Å². The first kappa shape index (κ1) is 23.9. The van der Waals surface area contributed by atoms with Crippen LogP contribution in [0.4, 0.5) is 0 Å². The van der Waals surface area contributed by atoms with Gasteiger partial charge in [-0.3, -0.25) is 19.2 Å². The Bertz CT molecular complexity index is 1120. The molecule has 2 amide bonds. The summed E-state index contributed by atoms with van der Waals surface area (Å²) >= 11 is 1.44. The molecule has 9 nitrogen and oxygen atoms in total. The average molecular weight is 494 g/mol. The third-order valence-electron chi connectivity index (χ3n) is 6.51. The maximum atomic E-state index is 12.9. The lowest BCUT2D eigenvalue weighted by molar-refractivity contribution is -0.133. The molecule has 1 atom stereocenters. The topological polar surface area (TPSA) is 95.8 Å². The Balaban J connectivity index is 1.31. The van der Waals surface area contributed by atoms with Crippen molar-refractivity contribution >= 4 is 33.0 Å². The van der Waals surface area contributed by atoms with Gasteiger partial charge in [-0.15, -0.1) is 11.3 Å². The van der Waals surface area contributed by atoms with Gasteiger partial charge in [-0.25, -0.2) is 8.42 Å². The maximum absolute atomic E-state index is 12.9. The summed E-state index contributed by atoms with van der Waals surface area (Å²) in [5.41, 5.74) is 2.88. The Morgan fingerprint density at radius 1 is 1.18 bits per heavy atom. The molecule has 0 radical (unpaired) electrons. The molecule has 180 valence electrons. The highest BCUT2D eigenvalue weighted by Crippen LogP contribution is 2.27. The van der Waals surface area contributed by atoms with Crippen molar-refractivity contribution in [1.29, 1.82) is 0 Å². The summed E-state index contributed by atoms with van der Waals surface area (Å²) in [6, 6.07) is 3.59. The van der Waals surface area contributed by atoms with Crippen LogP contribution in [0.15, 0.2) is 17.5 Å². The molecule has 1 unspecified atom stereocenters. The fourth-order valence-electron chi connectivity index (χ4n) is 4.62. The number of likely N-dealkylation sites (N-methyl/N-ethyl adjacent to an activating group) is 1. The van der Waals surface area contributed by atoms with E-state index in [4.69, 9.17) is 0 Å². The van der Waals surface area contributed by atoms with Crippen LogP contribution < -0.4 is 0 Å². The van der Waals surface area contributed by atoms with Crippen LogP contribution in [-0.2, 0) is 21.2 Å². The SMILES string of the molecule is Cc1nn(C2CCS(=O)(=O)C2)c(C)c1CN(C)CC(=O)N1CCN(C(=O)c2cccs2)CC1. The van der Waals surface area contributed by atoms with Crippen molar-refractivity contribution in [2.75, 3.05) is 51.3 Å².